The van der Waals surface area contributed by atoms with Gasteiger partial charge in [0.25, 0.3) is 0 Å². The van der Waals surface area contributed by atoms with Crippen LogP contribution in [0.2, 0.25) is 0 Å². The highest BCUT2D eigenvalue weighted by molar-refractivity contribution is 6.25. The van der Waals surface area contributed by atoms with E-state index in [0.29, 0.717) is 53.4 Å². The summed E-state index contributed by atoms with van der Waals surface area (Å²) in [6.07, 6.45) is 3.77. The van der Waals surface area contributed by atoms with Crippen LogP contribution in [0.4, 0.5) is 11.4 Å². The summed E-state index contributed by atoms with van der Waals surface area (Å²) < 4.78 is 11.1. The Morgan fingerprint density at radius 3 is 2.37 bits per heavy atom. The average molecular weight is 581 g/mol. The van der Waals surface area contributed by atoms with Gasteiger partial charge in [0.1, 0.15) is 11.5 Å². The summed E-state index contributed by atoms with van der Waals surface area (Å²) in [6, 6.07) is 12.3. The number of carbonyl (C=O) groups excluding carboxylic acids is 4. The first-order valence-corrected chi connectivity index (χ1v) is 14.7. The van der Waals surface area contributed by atoms with Gasteiger partial charge in [-0.2, -0.15) is 0 Å². The van der Waals surface area contributed by atoms with Crippen LogP contribution < -0.4 is 14.5 Å². The van der Waals surface area contributed by atoms with E-state index in [1.165, 1.54) is 24.2 Å². The molecular formula is C34H32N2O7. The molecule has 7 rings (SSSR count). The zero-order valence-corrected chi connectivity index (χ0v) is 24.0. The Balaban J connectivity index is 1.29. The number of aromatic hydroxyl groups is 1. The Bertz CT molecular complexity index is 1660. The van der Waals surface area contributed by atoms with Crippen LogP contribution in [0, 0.1) is 17.8 Å². The SMILES string of the molecule is COc1cccc(O)c1[C@H]1C2=CC[C@@H]3C(=O)N(c4ccc(N5CCOCC5)cc4)C(=O)[C@@H]3[C@@H]2CC2=C1C(=O)C(C)=CC2=O. The normalized spacial score (nSPS) is 27.0. The number of hydrogen-bond acceptors (Lipinski definition) is 8. The fourth-order valence-electron chi connectivity index (χ4n) is 7.58. The molecule has 0 bridgehead atoms. The lowest BCUT2D eigenvalue weighted by atomic mass is 9.59. The number of phenols is 1. The van der Waals surface area contributed by atoms with Gasteiger partial charge in [-0.05, 0) is 68.2 Å². The van der Waals surface area contributed by atoms with E-state index < -0.39 is 23.7 Å². The molecule has 2 aromatic rings. The number of phenolic OH excluding ortho intramolecular Hbond substituents is 1. The van der Waals surface area contributed by atoms with Crippen molar-refractivity contribution in [3.63, 3.8) is 0 Å². The zero-order chi connectivity index (χ0) is 30.0. The summed E-state index contributed by atoms with van der Waals surface area (Å²) in [7, 11) is 1.49. The molecule has 0 radical (unpaired) electrons. The van der Waals surface area contributed by atoms with E-state index in [0.717, 1.165) is 24.4 Å². The maximum atomic E-state index is 14.2. The highest BCUT2D eigenvalue weighted by atomic mass is 16.5. The molecule has 2 fully saturated rings. The number of methoxy groups -OCH3 is 1. The molecule has 2 saturated heterocycles. The Kier molecular flexibility index (Phi) is 6.58. The van der Waals surface area contributed by atoms with Gasteiger partial charge in [0.05, 0.1) is 37.8 Å². The molecule has 0 unspecified atom stereocenters. The second kappa shape index (κ2) is 10.3. The standard InChI is InChI=1S/C34H32N2O7/c1-18-16-26(38)24-17-23-21(29(30(24)32(18)39)31-25(37)4-3-5-27(31)42-2)10-11-22-28(23)34(41)36(33(22)40)20-8-6-19(7-9-20)35-12-14-43-15-13-35/h3-10,16,22-23,28-29,37H,11-15,17H2,1-2H3/t22-,23+,28-,29-/m0/s1. The predicted molar refractivity (Wildman–Crippen MR) is 158 cm³/mol. The number of rotatable bonds is 4. The first-order valence-electron chi connectivity index (χ1n) is 14.7. The van der Waals surface area contributed by atoms with Crippen LogP contribution in [-0.2, 0) is 23.9 Å². The minimum Gasteiger partial charge on any atom is -0.507 e. The fourth-order valence-corrected chi connectivity index (χ4v) is 7.58. The van der Waals surface area contributed by atoms with Crippen molar-refractivity contribution in [3.8, 4) is 11.5 Å². The molecule has 43 heavy (non-hydrogen) atoms. The largest absolute Gasteiger partial charge is 0.507 e. The molecule has 0 aromatic heterocycles. The molecule has 3 aliphatic carbocycles. The first-order chi connectivity index (χ1) is 20.8. The molecule has 0 saturated carbocycles. The fraction of sp³-hybridized carbons (Fsp3) is 0.353. The number of hydrogen-bond donors (Lipinski definition) is 1. The van der Waals surface area contributed by atoms with Crippen molar-refractivity contribution >= 4 is 34.8 Å². The van der Waals surface area contributed by atoms with Gasteiger partial charge in [-0.25, -0.2) is 0 Å². The number of benzene rings is 2. The zero-order valence-electron chi connectivity index (χ0n) is 24.0. The number of carbonyl (C=O) groups is 4. The summed E-state index contributed by atoms with van der Waals surface area (Å²) in [5, 5.41) is 11.1. The lowest BCUT2D eigenvalue weighted by Crippen LogP contribution is -2.40. The number of nitrogens with zero attached hydrogens (tertiary/aromatic N) is 2. The van der Waals surface area contributed by atoms with Crippen LogP contribution in [-0.4, -0.2) is 61.9 Å². The van der Waals surface area contributed by atoms with Gasteiger partial charge >= 0.3 is 0 Å². The number of allylic oxidation sites excluding steroid dienone is 6. The van der Waals surface area contributed by atoms with E-state index >= 15 is 0 Å². The molecule has 2 heterocycles. The molecule has 9 nitrogen and oxygen atoms in total. The maximum Gasteiger partial charge on any atom is 0.238 e. The summed E-state index contributed by atoms with van der Waals surface area (Å²) >= 11 is 0. The number of ether oxygens (including phenoxy) is 2. The summed E-state index contributed by atoms with van der Waals surface area (Å²) in [5.41, 5.74) is 3.65. The van der Waals surface area contributed by atoms with E-state index in [9.17, 15) is 24.3 Å². The van der Waals surface area contributed by atoms with E-state index in [2.05, 4.69) is 4.90 Å². The number of amides is 2. The molecule has 220 valence electrons. The van der Waals surface area contributed by atoms with Crippen molar-refractivity contribution in [3.05, 3.63) is 82.5 Å². The molecular weight excluding hydrogens is 548 g/mol. The van der Waals surface area contributed by atoms with Crippen LogP contribution in [0.25, 0.3) is 0 Å². The first kappa shape index (κ1) is 27.3. The lowest BCUT2D eigenvalue weighted by molar-refractivity contribution is -0.123. The van der Waals surface area contributed by atoms with Gasteiger partial charge < -0.3 is 19.5 Å². The number of fused-ring (bicyclic) bond motifs is 3. The van der Waals surface area contributed by atoms with Crippen molar-refractivity contribution in [2.24, 2.45) is 17.8 Å². The molecule has 2 aliphatic heterocycles. The smallest absolute Gasteiger partial charge is 0.238 e. The van der Waals surface area contributed by atoms with Gasteiger partial charge in [-0.1, -0.05) is 17.7 Å². The van der Waals surface area contributed by atoms with Crippen molar-refractivity contribution < 1.29 is 33.8 Å². The Hall–Kier alpha value is -4.50. The van der Waals surface area contributed by atoms with E-state index in [1.54, 1.807) is 31.2 Å². The van der Waals surface area contributed by atoms with E-state index in [-0.39, 0.29) is 35.6 Å². The molecule has 2 aromatic carbocycles. The molecule has 4 atom stereocenters. The summed E-state index contributed by atoms with van der Waals surface area (Å²) in [5.74, 6) is -3.36. The van der Waals surface area contributed by atoms with E-state index in [1.807, 2.05) is 18.2 Å². The highest BCUT2D eigenvalue weighted by Gasteiger charge is 2.57. The van der Waals surface area contributed by atoms with E-state index in [4.69, 9.17) is 9.47 Å². The molecule has 5 aliphatic rings. The number of Topliss-reactive ketones (excluding diaryl/α,β-unsaturated/α-hetero) is 1. The third kappa shape index (κ3) is 4.17. The Morgan fingerprint density at radius 1 is 0.930 bits per heavy atom. The Labute approximate surface area is 249 Å². The third-order valence-electron chi connectivity index (χ3n) is 9.60. The van der Waals surface area contributed by atoms with Crippen LogP contribution >= 0.6 is 0 Å². The average Bonchev–Trinajstić information content (AvgIpc) is 3.28. The van der Waals surface area contributed by atoms with Crippen LogP contribution in [0.5, 0.6) is 11.5 Å². The highest BCUT2D eigenvalue weighted by Crippen LogP contribution is 2.57. The minimum atomic E-state index is -0.782. The second-order valence-corrected chi connectivity index (χ2v) is 11.7. The van der Waals surface area contributed by atoms with Crippen molar-refractivity contribution in [1.29, 1.82) is 0 Å². The second-order valence-electron chi connectivity index (χ2n) is 11.7. The van der Waals surface area contributed by atoms with Crippen LogP contribution in [0.3, 0.4) is 0 Å². The van der Waals surface area contributed by atoms with Crippen molar-refractivity contribution in [1.82, 2.24) is 0 Å². The summed E-state index contributed by atoms with van der Waals surface area (Å²) in [6.45, 7) is 4.47. The minimum absolute atomic E-state index is 0.0665. The van der Waals surface area contributed by atoms with Gasteiger partial charge in [-0.15, -0.1) is 0 Å². The molecule has 9 heteroatoms. The van der Waals surface area contributed by atoms with Gasteiger partial charge in [0, 0.05) is 47.0 Å². The van der Waals surface area contributed by atoms with Crippen LogP contribution in [0.15, 0.2) is 76.9 Å². The number of ketones is 2. The molecule has 1 N–H and O–H groups in total. The third-order valence-corrected chi connectivity index (χ3v) is 9.60. The molecule has 0 spiro atoms. The van der Waals surface area contributed by atoms with Crippen LogP contribution in [0.1, 0.15) is 31.2 Å². The number of anilines is 2. The van der Waals surface area contributed by atoms with Gasteiger partial charge in [0.2, 0.25) is 11.8 Å². The maximum absolute atomic E-state index is 14.2. The molecule has 2 amide bonds. The number of imide groups is 1. The predicted octanol–water partition coefficient (Wildman–Crippen LogP) is 3.87. The monoisotopic (exact) mass is 580 g/mol. The van der Waals surface area contributed by atoms with Gasteiger partial charge in [-0.3, -0.25) is 24.1 Å². The number of morpholine rings is 1. The summed E-state index contributed by atoms with van der Waals surface area (Å²) in [4.78, 5) is 58.5. The van der Waals surface area contributed by atoms with Gasteiger partial charge in [0.15, 0.2) is 11.6 Å². The topological polar surface area (TPSA) is 113 Å². The van der Waals surface area contributed by atoms with Crippen molar-refractivity contribution in [2.75, 3.05) is 43.2 Å². The van der Waals surface area contributed by atoms with Crippen molar-refractivity contribution in [2.45, 2.75) is 25.7 Å². The quantitative estimate of drug-likeness (QED) is 0.330. The lowest BCUT2D eigenvalue weighted by Gasteiger charge is -2.42. The Morgan fingerprint density at radius 2 is 1.65 bits per heavy atom.